The molecule has 0 fully saturated rings. The van der Waals surface area contributed by atoms with Crippen LogP contribution in [0.4, 0.5) is 0 Å². The fourth-order valence-electron chi connectivity index (χ4n) is 2.12. The average molecular weight is 350 g/mol. The van der Waals surface area contributed by atoms with Crippen LogP contribution in [-0.2, 0) is 0 Å². The Hall–Kier alpha value is 0.556. The largest absolute Gasteiger partial charge is 1.00 e. The molecule has 2 rings (SSSR count). The molecule has 3 N–H and O–H groups in total. The minimum Gasteiger partial charge on any atom is -0.857 e. The molecule has 1 atom stereocenters. The molecule has 22 heavy (non-hydrogen) atoms. The van der Waals surface area contributed by atoms with E-state index in [2.05, 4.69) is 11.9 Å². The number of nitrogens with zero attached hydrogens (tertiary/aromatic N) is 2. The van der Waals surface area contributed by atoms with E-state index < -0.39 is 0 Å². The summed E-state index contributed by atoms with van der Waals surface area (Å²) in [6, 6.07) is 7.69. The number of aromatic hydroxyl groups is 1. The van der Waals surface area contributed by atoms with Crippen LogP contribution in [0.25, 0.3) is 0 Å². The molecular formula is C15H24KN3O2S. The van der Waals surface area contributed by atoms with Crippen LogP contribution in [0, 0.1) is 0 Å². The normalized spacial score (nSPS) is 16.6. The van der Waals surface area contributed by atoms with Crippen molar-refractivity contribution < 1.29 is 61.6 Å². The van der Waals surface area contributed by atoms with E-state index in [9.17, 15) is 5.11 Å². The van der Waals surface area contributed by atoms with Gasteiger partial charge in [-0.25, -0.2) is 0 Å². The van der Waals surface area contributed by atoms with Gasteiger partial charge in [-0.3, -0.25) is 4.99 Å². The SMILES string of the molecule is CN(CCCN)C[C@@H]1CSC(c2ccccc2O)=N1.C[O-].[K+]. The van der Waals surface area contributed by atoms with E-state index in [1.165, 1.54) is 0 Å². The Morgan fingerprint density at radius 2 is 2.09 bits per heavy atom. The number of nitrogens with two attached hydrogens (primary N) is 1. The summed E-state index contributed by atoms with van der Waals surface area (Å²) in [6.07, 6.45) is 1.02. The summed E-state index contributed by atoms with van der Waals surface area (Å²) in [5.74, 6) is 1.29. The Balaban J connectivity index is 0.00000141. The second kappa shape index (κ2) is 12.9. The molecule has 0 saturated heterocycles. The first-order valence-electron chi connectivity index (χ1n) is 6.99. The topological polar surface area (TPSA) is 84.9 Å². The van der Waals surface area contributed by atoms with Gasteiger partial charge in [-0.15, -0.1) is 11.8 Å². The van der Waals surface area contributed by atoms with Crippen LogP contribution < -0.4 is 62.2 Å². The van der Waals surface area contributed by atoms with Crippen molar-refractivity contribution in [2.75, 3.05) is 39.5 Å². The van der Waals surface area contributed by atoms with Gasteiger partial charge in [0.05, 0.1) is 6.04 Å². The minimum absolute atomic E-state index is 0. The molecule has 0 aromatic heterocycles. The summed E-state index contributed by atoms with van der Waals surface area (Å²) in [5, 5.41) is 19.0. The van der Waals surface area contributed by atoms with Crippen LogP contribution in [0.1, 0.15) is 12.0 Å². The van der Waals surface area contributed by atoms with Crippen LogP contribution >= 0.6 is 11.8 Å². The van der Waals surface area contributed by atoms with Crippen molar-refractivity contribution in [3.05, 3.63) is 29.8 Å². The second-order valence-corrected chi connectivity index (χ2v) is 5.83. The smallest absolute Gasteiger partial charge is 0.857 e. The molecule has 1 aliphatic heterocycles. The summed E-state index contributed by atoms with van der Waals surface area (Å²) < 4.78 is 0. The van der Waals surface area contributed by atoms with Crippen molar-refractivity contribution in [1.29, 1.82) is 0 Å². The van der Waals surface area contributed by atoms with Gasteiger partial charge in [0.2, 0.25) is 0 Å². The van der Waals surface area contributed by atoms with Crippen molar-refractivity contribution in [3.8, 4) is 5.75 Å². The summed E-state index contributed by atoms with van der Waals surface area (Å²) in [5.41, 5.74) is 6.36. The first kappa shape index (κ1) is 22.6. The van der Waals surface area contributed by atoms with Crippen LogP contribution in [-0.4, -0.2) is 60.6 Å². The molecule has 0 unspecified atom stereocenters. The summed E-state index contributed by atoms with van der Waals surface area (Å²) >= 11 is 1.72. The van der Waals surface area contributed by atoms with E-state index in [4.69, 9.17) is 15.8 Å². The number of thioether (sulfide) groups is 1. The van der Waals surface area contributed by atoms with E-state index in [1.807, 2.05) is 18.2 Å². The van der Waals surface area contributed by atoms with Gasteiger partial charge in [0.15, 0.2) is 0 Å². The van der Waals surface area contributed by atoms with Crippen LogP contribution in [0.2, 0.25) is 0 Å². The molecule has 118 valence electrons. The molecule has 0 radical (unpaired) electrons. The predicted molar refractivity (Wildman–Crippen MR) is 88.0 cm³/mol. The predicted octanol–water partition coefficient (Wildman–Crippen LogP) is -2.48. The van der Waals surface area contributed by atoms with Crippen molar-refractivity contribution in [1.82, 2.24) is 4.90 Å². The Morgan fingerprint density at radius 1 is 1.41 bits per heavy atom. The van der Waals surface area contributed by atoms with Crippen molar-refractivity contribution in [2.24, 2.45) is 10.7 Å². The van der Waals surface area contributed by atoms with Gasteiger partial charge in [-0.1, -0.05) is 12.1 Å². The Morgan fingerprint density at radius 3 is 2.73 bits per heavy atom. The monoisotopic (exact) mass is 349 g/mol. The number of phenolic OH excluding ortho intramolecular Hbond substituents is 1. The van der Waals surface area contributed by atoms with Crippen molar-refractivity contribution in [3.63, 3.8) is 0 Å². The molecule has 0 bridgehead atoms. The number of likely N-dealkylation sites (N-methyl/N-ethyl adjacent to an activating group) is 1. The number of para-hydroxylation sites is 1. The van der Waals surface area contributed by atoms with Crippen LogP contribution in [0.3, 0.4) is 0 Å². The molecule has 0 amide bonds. The van der Waals surface area contributed by atoms with Crippen molar-refractivity contribution >= 4 is 16.8 Å². The third kappa shape index (κ3) is 7.42. The fourth-order valence-corrected chi connectivity index (χ4v) is 3.20. The Bertz CT molecular complexity index is 460. The second-order valence-electron chi connectivity index (χ2n) is 4.82. The van der Waals surface area contributed by atoms with Crippen LogP contribution in [0.15, 0.2) is 29.3 Å². The Labute approximate surface area is 179 Å². The molecule has 5 nitrogen and oxygen atoms in total. The van der Waals surface area contributed by atoms with Crippen LogP contribution in [0.5, 0.6) is 5.75 Å². The van der Waals surface area contributed by atoms with Crippen molar-refractivity contribution in [2.45, 2.75) is 12.5 Å². The number of benzene rings is 1. The van der Waals surface area contributed by atoms with Gasteiger partial charge in [-0.2, -0.15) is 7.11 Å². The van der Waals surface area contributed by atoms with Gasteiger partial charge >= 0.3 is 51.4 Å². The number of aliphatic imine (C=N–C) groups is 1. The zero-order valence-corrected chi connectivity index (χ0v) is 17.6. The summed E-state index contributed by atoms with van der Waals surface area (Å²) in [4.78, 5) is 6.99. The average Bonchev–Trinajstić information content (AvgIpc) is 2.96. The summed E-state index contributed by atoms with van der Waals surface area (Å²) in [7, 11) is 2.85. The zero-order chi connectivity index (χ0) is 15.7. The molecule has 1 aliphatic rings. The Kier molecular flexibility index (Phi) is 13.2. The van der Waals surface area contributed by atoms with E-state index in [0.717, 1.165) is 49.5 Å². The number of phenols is 1. The van der Waals surface area contributed by atoms with E-state index in [-0.39, 0.29) is 51.4 Å². The van der Waals surface area contributed by atoms with Gasteiger partial charge < -0.3 is 20.8 Å². The molecule has 1 aromatic carbocycles. The standard InChI is InChI=1S/C14H21N3OS.CH3O.K/c1-17(8-4-7-15)9-11-10-19-14(16-11)12-5-2-3-6-13(12)18;1-2;/h2-3,5-6,11,18H,4,7-10,15H2,1H3;1H3;/q;-1;+1/t11-;;/m1../s1. The molecule has 1 aromatic rings. The number of hydrogen-bond donors (Lipinski definition) is 2. The van der Waals surface area contributed by atoms with E-state index in [0.29, 0.717) is 11.8 Å². The fraction of sp³-hybridized carbons (Fsp3) is 0.533. The number of rotatable bonds is 6. The van der Waals surface area contributed by atoms with Gasteiger partial charge in [0.25, 0.3) is 0 Å². The van der Waals surface area contributed by atoms with E-state index in [1.54, 1.807) is 17.8 Å². The maximum atomic E-state index is 9.84. The number of hydrogen-bond acceptors (Lipinski definition) is 6. The quantitative estimate of drug-likeness (QED) is 0.556. The molecule has 0 aliphatic carbocycles. The molecule has 0 saturated carbocycles. The first-order valence-corrected chi connectivity index (χ1v) is 7.97. The third-order valence-electron chi connectivity index (χ3n) is 3.11. The van der Waals surface area contributed by atoms with Gasteiger partial charge in [0, 0.05) is 17.9 Å². The molecular weight excluding hydrogens is 325 g/mol. The third-order valence-corrected chi connectivity index (χ3v) is 4.26. The zero-order valence-electron chi connectivity index (χ0n) is 13.7. The first-order chi connectivity index (χ1) is 10.2. The minimum atomic E-state index is 0. The van der Waals surface area contributed by atoms with Gasteiger partial charge in [0.1, 0.15) is 10.8 Å². The molecule has 1 heterocycles. The van der Waals surface area contributed by atoms with Gasteiger partial charge in [-0.05, 0) is 38.7 Å². The summed E-state index contributed by atoms with van der Waals surface area (Å²) in [6.45, 7) is 2.69. The maximum Gasteiger partial charge on any atom is 1.00 e. The maximum absolute atomic E-state index is 9.84. The molecule has 0 spiro atoms. The molecule has 7 heteroatoms. The van der Waals surface area contributed by atoms with E-state index >= 15 is 0 Å².